The van der Waals surface area contributed by atoms with Crippen LogP contribution >= 0.6 is 24.8 Å². The number of ether oxygens (including phenoxy) is 1. The summed E-state index contributed by atoms with van der Waals surface area (Å²) in [6, 6.07) is 0. The second-order valence-corrected chi connectivity index (χ2v) is 2.86. The van der Waals surface area contributed by atoms with Crippen LogP contribution in [0.4, 0.5) is 0 Å². The Labute approximate surface area is 85.9 Å². The fourth-order valence-electron chi connectivity index (χ4n) is 1.50. The van der Waals surface area contributed by atoms with Crippen LogP contribution in [0.25, 0.3) is 0 Å². The molecule has 4 heteroatoms. The van der Waals surface area contributed by atoms with Crippen molar-refractivity contribution in [2.24, 2.45) is 5.92 Å². The standard InChI is InChI=1S/C8H14O2.2ClH/c1-10-8(9)7-5-3-2-4-6-7;;/h7H,2-6H2,1H3;2*1H. The third-order valence-corrected chi connectivity index (χ3v) is 2.14. The van der Waals surface area contributed by atoms with Gasteiger partial charge >= 0.3 is 5.97 Å². The summed E-state index contributed by atoms with van der Waals surface area (Å²) in [5.41, 5.74) is 0. The van der Waals surface area contributed by atoms with Crippen molar-refractivity contribution >= 4 is 30.8 Å². The van der Waals surface area contributed by atoms with Crippen molar-refractivity contribution in [3.63, 3.8) is 0 Å². The van der Waals surface area contributed by atoms with Crippen molar-refractivity contribution in [3.8, 4) is 0 Å². The first-order valence-corrected chi connectivity index (χ1v) is 3.92. The van der Waals surface area contributed by atoms with E-state index in [4.69, 9.17) is 0 Å². The second kappa shape index (κ2) is 7.69. The van der Waals surface area contributed by atoms with Crippen molar-refractivity contribution in [3.05, 3.63) is 0 Å². The van der Waals surface area contributed by atoms with Crippen LogP contribution in [0.2, 0.25) is 0 Å². The zero-order valence-corrected chi connectivity index (χ0v) is 8.88. The summed E-state index contributed by atoms with van der Waals surface area (Å²) in [4.78, 5) is 10.9. The van der Waals surface area contributed by atoms with Gasteiger partial charge in [-0.1, -0.05) is 19.3 Å². The molecule has 1 aliphatic carbocycles. The molecule has 0 aromatic rings. The highest BCUT2D eigenvalue weighted by molar-refractivity contribution is 5.85. The Balaban J connectivity index is 0. The van der Waals surface area contributed by atoms with Gasteiger partial charge in [-0.3, -0.25) is 4.79 Å². The van der Waals surface area contributed by atoms with E-state index in [1.54, 1.807) is 0 Å². The lowest BCUT2D eigenvalue weighted by Crippen LogP contribution is -2.18. The van der Waals surface area contributed by atoms with Crippen LogP contribution in [0.1, 0.15) is 32.1 Å². The molecule has 0 spiro atoms. The molecule has 1 saturated carbocycles. The summed E-state index contributed by atoms with van der Waals surface area (Å²) in [7, 11) is 1.47. The van der Waals surface area contributed by atoms with Crippen molar-refractivity contribution in [2.75, 3.05) is 7.11 Å². The molecule has 0 atom stereocenters. The van der Waals surface area contributed by atoms with E-state index in [0.717, 1.165) is 12.8 Å². The molecule has 0 aliphatic heterocycles. The number of hydrogen-bond donors (Lipinski definition) is 0. The number of esters is 1. The van der Waals surface area contributed by atoms with E-state index >= 15 is 0 Å². The van der Waals surface area contributed by atoms with Crippen molar-refractivity contribution in [1.82, 2.24) is 0 Å². The molecule has 0 N–H and O–H groups in total. The average Bonchev–Trinajstić information content (AvgIpc) is 2.05. The van der Waals surface area contributed by atoms with Gasteiger partial charge in [0, 0.05) is 0 Å². The monoisotopic (exact) mass is 214 g/mol. The molecule has 0 amide bonds. The Morgan fingerprint density at radius 2 is 1.67 bits per heavy atom. The molecule has 1 aliphatic rings. The Kier molecular flexibility index (Phi) is 9.33. The fourth-order valence-corrected chi connectivity index (χ4v) is 1.50. The predicted octanol–water partition coefficient (Wildman–Crippen LogP) is 2.58. The van der Waals surface area contributed by atoms with E-state index in [1.807, 2.05) is 0 Å². The number of hydrogen-bond acceptors (Lipinski definition) is 2. The van der Waals surface area contributed by atoms with Gasteiger partial charge in [-0.05, 0) is 12.8 Å². The highest BCUT2D eigenvalue weighted by Crippen LogP contribution is 2.24. The van der Waals surface area contributed by atoms with E-state index in [9.17, 15) is 4.79 Å². The highest BCUT2D eigenvalue weighted by atomic mass is 35.5. The van der Waals surface area contributed by atoms with Gasteiger partial charge in [0.2, 0.25) is 0 Å². The molecular weight excluding hydrogens is 199 g/mol. The Morgan fingerprint density at radius 1 is 1.17 bits per heavy atom. The fraction of sp³-hybridized carbons (Fsp3) is 0.875. The average molecular weight is 215 g/mol. The molecule has 0 heterocycles. The van der Waals surface area contributed by atoms with Crippen molar-refractivity contribution < 1.29 is 9.53 Å². The van der Waals surface area contributed by atoms with Gasteiger partial charge in [0.25, 0.3) is 0 Å². The Bertz CT molecular complexity index is 122. The Morgan fingerprint density at radius 3 is 2.08 bits per heavy atom. The summed E-state index contributed by atoms with van der Waals surface area (Å²) in [5.74, 6) is 0.193. The number of rotatable bonds is 1. The smallest absolute Gasteiger partial charge is 0.308 e. The van der Waals surface area contributed by atoms with E-state index in [1.165, 1.54) is 26.4 Å². The van der Waals surface area contributed by atoms with Gasteiger partial charge in [-0.25, -0.2) is 0 Å². The zero-order valence-electron chi connectivity index (χ0n) is 7.25. The molecule has 1 rings (SSSR count). The third kappa shape index (κ3) is 4.17. The lowest BCUT2D eigenvalue weighted by atomic mass is 9.89. The van der Waals surface area contributed by atoms with Crippen molar-refractivity contribution in [2.45, 2.75) is 32.1 Å². The maximum atomic E-state index is 10.9. The number of carbonyl (C=O) groups excluding carboxylic acids is 1. The van der Waals surface area contributed by atoms with Gasteiger partial charge < -0.3 is 4.74 Å². The summed E-state index contributed by atoms with van der Waals surface area (Å²) in [5, 5.41) is 0. The first kappa shape index (κ1) is 14.6. The summed E-state index contributed by atoms with van der Waals surface area (Å²) in [6.07, 6.45) is 5.74. The molecule has 2 nitrogen and oxygen atoms in total. The Hall–Kier alpha value is 0.0500. The first-order chi connectivity index (χ1) is 4.84. The quantitative estimate of drug-likeness (QED) is 0.628. The van der Waals surface area contributed by atoms with Gasteiger partial charge in [0.05, 0.1) is 13.0 Å². The normalized spacial score (nSPS) is 17.1. The number of methoxy groups -OCH3 is 1. The summed E-state index contributed by atoms with van der Waals surface area (Å²) < 4.78 is 4.65. The van der Waals surface area contributed by atoms with Crippen LogP contribution in [0, 0.1) is 5.92 Å². The second-order valence-electron chi connectivity index (χ2n) is 2.86. The molecule has 0 saturated heterocycles. The minimum atomic E-state index is -0.0142. The lowest BCUT2D eigenvalue weighted by molar-refractivity contribution is -0.146. The molecule has 1 fully saturated rings. The number of carbonyl (C=O) groups is 1. The molecule has 0 bridgehead atoms. The molecule has 0 radical (unpaired) electrons. The largest absolute Gasteiger partial charge is 0.469 e. The van der Waals surface area contributed by atoms with Crippen LogP contribution in [-0.4, -0.2) is 13.1 Å². The molecular formula is C8H16Cl2O2. The van der Waals surface area contributed by atoms with Crippen molar-refractivity contribution in [1.29, 1.82) is 0 Å². The van der Waals surface area contributed by atoms with Crippen LogP contribution in [0.5, 0.6) is 0 Å². The summed E-state index contributed by atoms with van der Waals surface area (Å²) >= 11 is 0. The minimum absolute atomic E-state index is 0. The van der Waals surface area contributed by atoms with E-state index in [0.29, 0.717) is 0 Å². The maximum Gasteiger partial charge on any atom is 0.308 e. The van der Waals surface area contributed by atoms with Crippen LogP contribution in [0.15, 0.2) is 0 Å². The highest BCUT2D eigenvalue weighted by Gasteiger charge is 2.20. The summed E-state index contributed by atoms with van der Waals surface area (Å²) in [6.45, 7) is 0. The molecule has 12 heavy (non-hydrogen) atoms. The number of halogens is 2. The van der Waals surface area contributed by atoms with Crippen LogP contribution in [0.3, 0.4) is 0 Å². The van der Waals surface area contributed by atoms with Crippen LogP contribution in [-0.2, 0) is 9.53 Å². The maximum absolute atomic E-state index is 10.9. The lowest BCUT2D eigenvalue weighted by Gasteiger charge is -2.18. The third-order valence-electron chi connectivity index (χ3n) is 2.14. The molecule has 0 unspecified atom stereocenters. The predicted molar refractivity (Wildman–Crippen MR) is 53.1 cm³/mol. The SMILES string of the molecule is COC(=O)C1CCCCC1.Cl.Cl. The molecule has 0 aromatic heterocycles. The van der Waals surface area contributed by atoms with E-state index in [2.05, 4.69) is 4.74 Å². The zero-order chi connectivity index (χ0) is 7.40. The van der Waals surface area contributed by atoms with E-state index in [-0.39, 0.29) is 36.7 Å². The van der Waals surface area contributed by atoms with Gasteiger partial charge in [-0.2, -0.15) is 0 Å². The van der Waals surface area contributed by atoms with Gasteiger partial charge in [0.1, 0.15) is 0 Å². The molecule has 74 valence electrons. The first-order valence-electron chi connectivity index (χ1n) is 3.92. The van der Waals surface area contributed by atoms with Gasteiger partial charge in [-0.15, -0.1) is 24.8 Å². The van der Waals surface area contributed by atoms with E-state index < -0.39 is 0 Å². The van der Waals surface area contributed by atoms with Crippen LogP contribution < -0.4 is 0 Å². The van der Waals surface area contributed by atoms with Gasteiger partial charge in [0.15, 0.2) is 0 Å². The topological polar surface area (TPSA) is 26.3 Å². The molecule has 0 aromatic carbocycles. The minimum Gasteiger partial charge on any atom is -0.469 e.